The SMILES string of the molecule is COc1ccc(OC)c(/C=N/NC(=O)c2ccc(N(C)C)cc2)c1. The van der Waals surface area contributed by atoms with Gasteiger partial charge in [0.25, 0.3) is 5.91 Å². The number of nitrogens with zero attached hydrogens (tertiary/aromatic N) is 2. The Morgan fingerprint density at radius 3 is 2.38 bits per heavy atom. The monoisotopic (exact) mass is 327 g/mol. The van der Waals surface area contributed by atoms with Crippen LogP contribution in [0.1, 0.15) is 15.9 Å². The number of hydrazone groups is 1. The minimum absolute atomic E-state index is 0.279. The van der Waals surface area contributed by atoms with Gasteiger partial charge in [-0.25, -0.2) is 5.43 Å². The first kappa shape index (κ1) is 17.3. The number of amides is 1. The van der Waals surface area contributed by atoms with Gasteiger partial charge < -0.3 is 14.4 Å². The molecule has 0 radical (unpaired) electrons. The van der Waals surface area contributed by atoms with Gasteiger partial charge in [-0.05, 0) is 42.5 Å². The van der Waals surface area contributed by atoms with Gasteiger partial charge >= 0.3 is 0 Å². The van der Waals surface area contributed by atoms with Crippen molar-refractivity contribution < 1.29 is 14.3 Å². The maximum absolute atomic E-state index is 12.1. The maximum atomic E-state index is 12.1. The Morgan fingerprint density at radius 1 is 1.08 bits per heavy atom. The van der Waals surface area contributed by atoms with Crippen molar-refractivity contribution in [3.8, 4) is 11.5 Å². The summed E-state index contributed by atoms with van der Waals surface area (Å²) in [6.07, 6.45) is 1.52. The first-order chi connectivity index (χ1) is 11.5. The Balaban J connectivity index is 2.06. The number of rotatable bonds is 6. The van der Waals surface area contributed by atoms with E-state index in [0.717, 1.165) is 5.69 Å². The fourth-order valence-electron chi connectivity index (χ4n) is 2.08. The molecule has 1 N–H and O–H groups in total. The van der Waals surface area contributed by atoms with Crippen LogP contribution < -0.4 is 19.8 Å². The summed E-state index contributed by atoms with van der Waals surface area (Å²) in [5.41, 5.74) is 4.78. The molecule has 6 heteroatoms. The number of hydrogen-bond acceptors (Lipinski definition) is 5. The molecule has 0 heterocycles. The molecule has 2 aromatic rings. The van der Waals surface area contributed by atoms with Crippen LogP contribution in [0.3, 0.4) is 0 Å². The summed E-state index contributed by atoms with van der Waals surface area (Å²) in [6, 6.07) is 12.6. The number of ether oxygens (including phenoxy) is 2. The van der Waals surface area contributed by atoms with Gasteiger partial charge in [-0.1, -0.05) is 0 Å². The van der Waals surface area contributed by atoms with E-state index >= 15 is 0 Å². The maximum Gasteiger partial charge on any atom is 0.271 e. The average Bonchev–Trinajstić information content (AvgIpc) is 2.61. The van der Waals surface area contributed by atoms with E-state index in [2.05, 4.69) is 10.5 Å². The lowest BCUT2D eigenvalue weighted by molar-refractivity contribution is 0.0955. The van der Waals surface area contributed by atoms with E-state index in [0.29, 0.717) is 22.6 Å². The van der Waals surface area contributed by atoms with Gasteiger partial charge in [0.15, 0.2) is 0 Å². The average molecular weight is 327 g/mol. The number of methoxy groups -OCH3 is 2. The number of carbonyl (C=O) groups is 1. The molecule has 0 spiro atoms. The molecule has 1 amide bonds. The van der Waals surface area contributed by atoms with Crippen LogP contribution in [0.25, 0.3) is 0 Å². The molecule has 0 aliphatic rings. The molecule has 2 rings (SSSR count). The predicted octanol–water partition coefficient (Wildman–Crippen LogP) is 2.53. The normalized spacial score (nSPS) is 10.5. The van der Waals surface area contributed by atoms with E-state index < -0.39 is 0 Å². The van der Waals surface area contributed by atoms with Gasteiger partial charge in [0.1, 0.15) is 11.5 Å². The van der Waals surface area contributed by atoms with Gasteiger partial charge in [0.05, 0.1) is 20.4 Å². The van der Waals surface area contributed by atoms with Gasteiger partial charge in [-0.15, -0.1) is 0 Å². The van der Waals surface area contributed by atoms with Crippen molar-refractivity contribution in [3.05, 3.63) is 53.6 Å². The van der Waals surface area contributed by atoms with Crippen LogP contribution in [-0.4, -0.2) is 40.4 Å². The predicted molar refractivity (Wildman–Crippen MR) is 95.4 cm³/mol. The largest absolute Gasteiger partial charge is 0.497 e. The Kier molecular flexibility index (Phi) is 5.78. The van der Waals surface area contributed by atoms with Gasteiger partial charge in [0, 0.05) is 30.9 Å². The van der Waals surface area contributed by atoms with Gasteiger partial charge in [-0.3, -0.25) is 4.79 Å². The second kappa shape index (κ2) is 8.01. The standard InChI is InChI=1S/C18H21N3O3/c1-21(2)15-7-5-13(6-8-15)18(22)20-19-12-14-11-16(23-3)9-10-17(14)24-4/h5-12H,1-4H3,(H,20,22)/b19-12+. The molecule has 0 aliphatic carbocycles. The molecule has 24 heavy (non-hydrogen) atoms. The lowest BCUT2D eigenvalue weighted by atomic mass is 10.2. The second-order valence-corrected chi connectivity index (χ2v) is 5.25. The van der Waals surface area contributed by atoms with E-state index in [1.807, 2.05) is 31.1 Å². The third kappa shape index (κ3) is 4.25. The minimum atomic E-state index is -0.279. The van der Waals surface area contributed by atoms with Crippen LogP contribution in [0.5, 0.6) is 11.5 Å². The fraction of sp³-hybridized carbons (Fsp3) is 0.222. The summed E-state index contributed by atoms with van der Waals surface area (Å²) in [7, 11) is 7.05. The summed E-state index contributed by atoms with van der Waals surface area (Å²) in [5, 5.41) is 3.99. The van der Waals surface area contributed by atoms with E-state index in [9.17, 15) is 4.79 Å². The molecule has 6 nitrogen and oxygen atoms in total. The highest BCUT2D eigenvalue weighted by molar-refractivity contribution is 5.95. The summed E-state index contributed by atoms with van der Waals surface area (Å²) < 4.78 is 10.4. The Morgan fingerprint density at radius 2 is 1.79 bits per heavy atom. The fourth-order valence-corrected chi connectivity index (χ4v) is 2.08. The number of benzene rings is 2. The molecular formula is C18H21N3O3. The van der Waals surface area contributed by atoms with Crippen LogP contribution >= 0.6 is 0 Å². The smallest absolute Gasteiger partial charge is 0.271 e. The van der Waals surface area contributed by atoms with Crippen LogP contribution in [0.2, 0.25) is 0 Å². The molecular weight excluding hydrogens is 306 g/mol. The van der Waals surface area contributed by atoms with E-state index in [-0.39, 0.29) is 5.91 Å². The highest BCUT2D eigenvalue weighted by Gasteiger charge is 2.06. The lowest BCUT2D eigenvalue weighted by Gasteiger charge is -2.12. The summed E-state index contributed by atoms with van der Waals surface area (Å²) in [4.78, 5) is 14.1. The number of anilines is 1. The van der Waals surface area contributed by atoms with Crippen LogP contribution in [0, 0.1) is 0 Å². The summed E-state index contributed by atoms with van der Waals surface area (Å²) in [6.45, 7) is 0. The molecule has 0 unspecified atom stereocenters. The van der Waals surface area contributed by atoms with Crippen molar-refractivity contribution in [2.75, 3.05) is 33.2 Å². The van der Waals surface area contributed by atoms with Crippen molar-refractivity contribution in [2.45, 2.75) is 0 Å². The van der Waals surface area contributed by atoms with E-state index in [1.54, 1.807) is 44.6 Å². The highest BCUT2D eigenvalue weighted by Crippen LogP contribution is 2.22. The quantitative estimate of drug-likeness (QED) is 0.654. The first-order valence-electron chi connectivity index (χ1n) is 7.38. The van der Waals surface area contributed by atoms with Crippen molar-refractivity contribution in [2.24, 2.45) is 5.10 Å². The molecule has 0 atom stereocenters. The molecule has 2 aromatic carbocycles. The van der Waals surface area contributed by atoms with Gasteiger partial charge in [-0.2, -0.15) is 5.10 Å². The number of carbonyl (C=O) groups excluding carboxylic acids is 1. The van der Waals surface area contributed by atoms with Crippen molar-refractivity contribution >= 4 is 17.8 Å². The molecule has 0 bridgehead atoms. The first-order valence-corrected chi connectivity index (χ1v) is 7.38. The van der Waals surface area contributed by atoms with Crippen molar-refractivity contribution in [3.63, 3.8) is 0 Å². The molecule has 0 aliphatic heterocycles. The molecule has 0 aromatic heterocycles. The zero-order valence-electron chi connectivity index (χ0n) is 14.2. The summed E-state index contributed by atoms with van der Waals surface area (Å²) in [5.74, 6) is 1.05. The summed E-state index contributed by atoms with van der Waals surface area (Å²) >= 11 is 0. The van der Waals surface area contributed by atoms with Crippen LogP contribution in [0.4, 0.5) is 5.69 Å². The van der Waals surface area contributed by atoms with Crippen molar-refractivity contribution in [1.82, 2.24) is 5.43 Å². The Bertz CT molecular complexity index is 725. The van der Waals surface area contributed by atoms with E-state index in [4.69, 9.17) is 9.47 Å². The van der Waals surface area contributed by atoms with Crippen LogP contribution in [0.15, 0.2) is 47.6 Å². The van der Waals surface area contributed by atoms with Crippen LogP contribution in [-0.2, 0) is 0 Å². The topological polar surface area (TPSA) is 63.2 Å². The molecule has 126 valence electrons. The van der Waals surface area contributed by atoms with Crippen molar-refractivity contribution in [1.29, 1.82) is 0 Å². The number of hydrogen-bond donors (Lipinski definition) is 1. The number of nitrogens with one attached hydrogen (secondary N) is 1. The zero-order chi connectivity index (χ0) is 17.5. The lowest BCUT2D eigenvalue weighted by Crippen LogP contribution is -2.18. The highest BCUT2D eigenvalue weighted by atomic mass is 16.5. The molecule has 0 saturated carbocycles. The zero-order valence-corrected chi connectivity index (χ0v) is 14.2. The Hall–Kier alpha value is -3.02. The van der Waals surface area contributed by atoms with Gasteiger partial charge in [0.2, 0.25) is 0 Å². The Labute approximate surface area is 141 Å². The van der Waals surface area contributed by atoms with E-state index in [1.165, 1.54) is 6.21 Å². The molecule has 0 fully saturated rings. The third-order valence-electron chi connectivity index (χ3n) is 3.45. The third-order valence-corrected chi connectivity index (χ3v) is 3.45. The minimum Gasteiger partial charge on any atom is -0.497 e. The molecule has 0 saturated heterocycles. The second-order valence-electron chi connectivity index (χ2n) is 5.25.